The molecule has 1 aromatic carbocycles. The van der Waals surface area contributed by atoms with Gasteiger partial charge < -0.3 is 25.5 Å². The van der Waals surface area contributed by atoms with Gasteiger partial charge in [0.05, 0.1) is 6.61 Å². The Morgan fingerprint density at radius 3 is 2.14 bits per heavy atom. The molecule has 4 atom stereocenters. The molecule has 21 heavy (non-hydrogen) atoms. The van der Waals surface area contributed by atoms with Crippen molar-refractivity contribution in [1.82, 2.24) is 0 Å². The molecule has 1 aromatic rings. The predicted molar refractivity (Wildman–Crippen MR) is 74.8 cm³/mol. The highest BCUT2D eigenvalue weighted by atomic mass is 79.9. The fourth-order valence-corrected chi connectivity index (χ4v) is 2.01. The summed E-state index contributed by atoms with van der Waals surface area (Å²) in [6.07, 6.45) is -6.05. The lowest BCUT2D eigenvalue weighted by atomic mass is 9.96. The lowest BCUT2D eigenvalue weighted by Crippen LogP contribution is -2.56. The van der Waals surface area contributed by atoms with Gasteiger partial charge in [-0.15, -0.1) is 0 Å². The van der Waals surface area contributed by atoms with Crippen LogP contribution in [0.2, 0.25) is 0 Å². The van der Waals surface area contributed by atoms with E-state index in [0.717, 1.165) is 0 Å². The van der Waals surface area contributed by atoms with Crippen LogP contribution in [0.25, 0.3) is 0 Å². The van der Waals surface area contributed by atoms with E-state index in [1.165, 1.54) is 24.3 Å². The van der Waals surface area contributed by atoms with E-state index >= 15 is 0 Å². The summed E-state index contributed by atoms with van der Waals surface area (Å²) in [5, 5.41) is 47.1. The minimum absolute atomic E-state index is 0.00947. The normalized spacial score (nSPS) is 18.4. The van der Waals surface area contributed by atoms with Crippen LogP contribution in [-0.2, 0) is 4.79 Å². The van der Waals surface area contributed by atoms with Crippen molar-refractivity contribution in [2.75, 3.05) is 6.61 Å². The van der Waals surface area contributed by atoms with Gasteiger partial charge in [-0.25, -0.2) is 0 Å². The van der Waals surface area contributed by atoms with Crippen LogP contribution >= 0.6 is 15.9 Å². The summed E-state index contributed by atoms with van der Waals surface area (Å²) < 4.78 is -2.80. The second-order valence-electron chi connectivity index (χ2n) is 4.38. The zero-order valence-electron chi connectivity index (χ0n) is 10.8. The summed E-state index contributed by atoms with van der Waals surface area (Å²) in [4.78, 5) is 23.9. The molecule has 0 spiro atoms. The van der Waals surface area contributed by atoms with Crippen LogP contribution in [-0.4, -0.2) is 66.5 Å². The molecule has 0 fully saturated rings. The Hall–Kier alpha value is -1.16. The van der Waals surface area contributed by atoms with Crippen molar-refractivity contribution in [3.63, 3.8) is 0 Å². The number of aliphatic hydroxyl groups excluding tert-OH is 4. The van der Waals surface area contributed by atoms with E-state index in [2.05, 4.69) is 15.9 Å². The van der Waals surface area contributed by atoms with Crippen LogP contribution in [0.5, 0.6) is 0 Å². The van der Waals surface area contributed by atoms with Crippen LogP contribution < -0.4 is 0 Å². The Morgan fingerprint density at radius 1 is 1.14 bits per heavy atom. The van der Waals surface area contributed by atoms with Crippen LogP contribution in [0.15, 0.2) is 30.3 Å². The third kappa shape index (κ3) is 3.94. The van der Waals surface area contributed by atoms with Crippen molar-refractivity contribution in [3.05, 3.63) is 35.9 Å². The zero-order chi connectivity index (χ0) is 16.2. The molecule has 0 saturated carbocycles. The van der Waals surface area contributed by atoms with E-state index in [9.17, 15) is 30.0 Å². The first kappa shape index (κ1) is 17.9. The molecule has 0 aliphatic carbocycles. The lowest BCUT2D eigenvalue weighted by Gasteiger charge is -2.30. The standard InChI is InChI=1S/C13H15BrO7/c14-13(21,12(20)10(18)8(16)6-15)11(19)9(17)7-4-2-1-3-5-7/h1-5,8,10,12,15-16,18,20-21H,6H2/t8?,10?,12?,13-/m0/s1. The number of hydrogen-bond donors (Lipinski definition) is 5. The number of carbonyl (C=O) groups is 2. The predicted octanol–water partition coefficient (Wildman–Crippen LogP) is -1.40. The summed E-state index contributed by atoms with van der Waals surface area (Å²) in [6.45, 7) is -0.901. The summed E-state index contributed by atoms with van der Waals surface area (Å²) >= 11 is 2.49. The highest BCUT2D eigenvalue weighted by Gasteiger charge is 2.48. The third-order valence-corrected chi connectivity index (χ3v) is 3.69. The Morgan fingerprint density at radius 2 is 1.67 bits per heavy atom. The van der Waals surface area contributed by atoms with E-state index < -0.39 is 41.0 Å². The van der Waals surface area contributed by atoms with Crippen molar-refractivity contribution < 1.29 is 35.1 Å². The van der Waals surface area contributed by atoms with Gasteiger partial charge in [0, 0.05) is 5.56 Å². The topological polar surface area (TPSA) is 135 Å². The van der Waals surface area contributed by atoms with Gasteiger partial charge in [-0.2, -0.15) is 0 Å². The van der Waals surface area contributed by atoms with Crippen LogP contribution in [0.3, 0.4) is 0 Å². The molecule has 0 amide bonds. The Kier molecular flexibility index (Phi) is 6.14. The van der Waals surface area contributed by atoms with E-state index in [-0.39, 0.29) is 5.56 Å². The van der Waals surface area contributed by atoms with Gasteiger partial charge in [0.2, 0.25) is 16.1 Å². The maximum atomic E-state index is 12.0. The third-order valence-electron chi connectivity index (χ3n) is 2.86. The average Bonchev–Trinajstić information content (AvgIpc) is 2.51. The smallest absolute Gasteiger partial charge is 0.248 e. The molecule has 0 bridgehead atoms. The fraction of sp³-hybridized carbons (Fsp3) is 0.385. The van der Waals surface area contributed by atoms with E-state index in [0.29, 0.717) is 0 Å². The van der Waals surface area contributed by atoms with Gasteiger partial charge in [0.25, 0.3) is 0 Å². The molecule has 7 nitrogen and oxygen atoms in total. The average molecular weight is 363 g/mol. The number of alkyl halides is 1. The molecule has 8 heteroatoms. The largest absolute Gasteiger partial charge is 0.394 e. The SMILES string of the molecule is O=C(C(=O)[C@@](O)(Br)C(O)C(O)C(O)CO)c1ccccc1. The van der Waals surface area contributed by atoms with Crippen LogP contribution in [0.1, 0.15) is 10.4 Å². The number of hydrogen-bond acceptors (Lipinski definition) is 7. The second-order valence-corrected chi connectivity index (χ2v) is 5.59. The number of Topliss-reactive ketones (excluding diaryl/α,β-unsaturated/α-hetero) is 2. The molecule has 0 aliphatic rings. The number of benzene rings is 1. The van der Waals surface area contributed by atoms with Gasteiger partial charge in [-0.1, -0.05) is 30.3 Å². The first-order valence-corrected chi connectivity index (χ1v) is 6.73. The maximum absolute atomic E-state index is 12.0. The molecule has 1 rings (SSSR count). The summed E-state index contributed by atoms with van der Waals surface area (Å²) in [7, 11) is 0. The van der Waals surface area contributed by atoms with Crippen molar-refractivity contribution in [1.29, 1.82) is 0 Å². The molecular weight excluding hydrogens is 348 g/mol. The number of halogens is 1. The van der Waals surface area contributed by atoms with Gasteiger partial charge >= 0.3 is 0 Å². The molecule has 0 aromatic heterocycles. The first-order chi connectivity index (χ1) is 9.73. The minimum atomic E-state index is -2.80. The molecule has 3 unspecified atom stereocenters. The summed E-state index contributed by atoms with van der Waals surface area (Å²) in [6, 6.07) is 7.32. The van der Waals surface area contributed by atoms with Crippen LogP contribution in [0, 0.1) is 0 Å². The van der Waals surface area contributed by atoms with Crippen molar-refractivity contribution in [2.24, 2.45) is 0 Å². The molecule has 5 N–H and O–H groups in total. The highest BCUT2D eigenvalue weighted by molar-refractivity contribution is 9.10. The molecule has 0 radical (unpaired) electrons. The number of aliphatic hydroxyl groups is 5. The van der Waals surface area contributed by atoms with Crippen molar-refractivity contribution >= 4 is 27.5 Å². The Balaban J connectivity index is 2.96. The minimum Gasteiger partial charge on any atom is -0.394 e. The van der Waals surface area contributed by atoms with E-state index in [4.69, 9.17) is 5.11 Å². The quantitative estimate of drug-likeness (QED) is 0.228. The fourth-order valence-electron chi connectivity index (χ4n) is 1.56. The molecule has 0 heterocycles. The molecule has 0 aliphatic heterocycles. The second kappa shape index (κ2) is 7.21. The zero-order valence-corrected chi connectivity index (χ0v) is 12.3. The van der Waals surface area contributed by atoms with Gasteiger partial charge in [0.15, 0.2) is 0 Å². The van der Waals surface area contributed by atoms with Crippen molar-refractivity contribution in [3.8, 4) is 0 Å². The van der Waals surface area contributed by atoms with Gasteiger partial charge in [-0.3, -0.25) is 9.59 Å². The first-order valence-electron chi connectivity index (χ1n) is 5.94. The van der Waals surface area contributed by atoms with E-state index in [1.54, 1.807) is 6.07 Å². The monoisotopic (exact) mass is 362 g/mol. The van der Waals surface area contributed by atoms with Gasteiger partial charge in [0.1, 0.15) is 18.3 Å². The molecular formula is C13H15BrO7. The lowest BCUT2D eigenvalue weighted by molar-refractivity contribution is -0.148. The number of ketones is 2. The molecule has 116 valence electrons. The number of rotatable bonds is 7. The Labute approximate surface area is 128 Å². The summed E-state index contributed by atoms with van der Waals surface area (Å²) in [5.74, 6) is -2.50. The van der Waals surface area contributed by atoms with Crippen LogP contribution in [0.4, 0.5) is 0 Å². The number of carbonyl (C=O) groups excluding carboxylic acids is 2. The van der Waals surface area contributed by atoms with Gasteiger partial charge in [-0.05, 0) is 15.9 Å². The van der Waals surface area contributed by atoms with Crippen molar-refractivity contribution in [2.45, 2.75) is 22.8 Å². The highest BCUT2D eigenvalue weighted by Crippen LogP contribution is 2.26. The summed E-state index contributed by atoms with van der Waals surface area (Å²) in [5.41, 5.74) is -0.00947. The Bertz CT molecular complexity index is 503. The maximum Gasteiger partial charge on any atom is 0.248 e. The molecule has 0 saturated heterocycles. The van der Waals surface area contributed by atoms with E-state index in [1.807, 2.05) is 0 Å².